The number of anilines is 1. The van der Waals surface area contributed by atoms with Gasteiger partial charge in [0.15, 0.2) is 0 Å². The number of para-hydroxylation sites is 3. The number of amides is 1. The van der Waals surface area contributed by atoms with E-state index >= 15 is 0 Å². The van der Waals surface area contributed by atoms with E-state index in [2.05, 4.69) is 28.1 Å². The topological polar surface area (TPSA) is 46.9 Å². The number of nitrogens with one attached hydrogen (secondary N) is 1. The molecule has 1 amide bonds. The van der Waals surface area contributed by atoms with Crippen LogP contribution in [0.4, 0.5) is 5.69 Å². The van der Waals surface area contributed by atoms with E-state index in [1.54, 1.807) is 11.8 Å². The van der Waals surface area contributed by atoms with Gasteiger partial charge in [0.2, 0.25) is 5.91 Å². The molecule has 4 aromatic rings. The van der Waals surface area contributed by atoms with E-state index in [0.29, 0.717) is 12.8 Å². The Bertz CT molecular complexity index is 1110. The summed E-state index contributed by atoms with van der Waals surface area (Å²) in [5.41, 5.74) is 3.87. The smallest absolute Gasteiger partial charge is 0.224 e. The molecular formula is C23H21N3OS. The molecule has 4 nitrogen and oxygen atoms in total. The number of carbonyl (C=O) groups is 1. The van der Waals surface area contributed by atoms with Gasteiger partial charge in [0.25, 0.3) is 0 Å². The van der Waals surface area contributed by atoms with Gasteiger partial charge in [0.05, 0.1) is 11.0 Å². The van der Waals surface area contributed by atoms with Gasteiger partial charge in [-0.1, -0.05) is 36.4 Å². The first-order chi connectivity index (χ1) is 13.7. The van der Waals surface area contributed by atoms with Gasteiger partial charge in [-0.15, -0.1) is 11.8 Å². The van der Waals surface area contributed by atoms with Crippen molar-refractivity contribution in [1.82, 2.24) is 9.55 Å². The highest BCUT2D eigenvalue weighted by Crippen LogP contribution is 2.23. The zero-order chi connectivity index (χ0) is 19.3. The van der Waals surface area contributed by atoms with E-state index in [4.69, 9.17) is 4.98 Å². The molecule has 1 heterocycles. The first-order valence-electron chi connectivity index (χ1n) is 9.20. The third kappa shape index (κ3) is 3.94. The van der Waals surface area contributed by atoms with Crippen molar-refractivity contribution in [1.29, 1.82) is 0 Å². The van der Waals surface area contributed by atoms with Crippen LogP contribution in [-0.2, 0) is 11.2 Å². The maximum Gasteiger partial charge on any atom is 0.224 e. The normalized spacial score (nSPS) is 10.9. The predicted octanol–water partition coefficient (Wildman–Crippen LogP) is 5.32. The number of hydrogen-bond donors (Lipinski definition) is 1. The monoisotopic (exact) mass is 387 g/mol. The fourth-order valence-electron chi connectivity index (χ4n) is 3.26. The number of imidazole rings is 1. The minimum absolute atomic E-state index is 0.00933. The quantitative estimate of drug-likeness (QED) is 0.456. The lowest BCUT2D eigenvalue weighted by molar-refractivity contribution is -0.116. The SMILES string of the molecule is CSc1cccc(NC(=O)CCc2nc3ccccc3n2-c2ccccc2)c1. The molecule has 5 heteroatoms. The third-order valence-electron chi connectivity index (χ3n) is 4.57. The first kappa shape index (κ1) is 18.3. The Kier molecular flexibility index (Phi) is 5.44. The van der Waals surface area contributed by atoms with Gasteiger partial charge in [-0.3, -0.25) is 9.36 Å². The number of hydrogen-bond acceptors (Lipinski definition) is 3. The van der Waals surface area contributed by atoms with Crippen molar-refractivity contribution in [2.45, 2.75) is 17.7 Å². The van der Waals surface area contributed by atoms with Crippen molar-refractivity contribution in [3.63, 3.8) is 0 Å². The van der Waals surface area contributed by atoms with Crippen molar-refractivity contribution >= 4 is 34.4 Å². The molecular weight excluding hydrogens is 366 g/mol. The molecule has 0 fully saturated rings. The van der Waals surface area contributed by atoms with Crippen LogP contribution >= 0.6 is 11.8 Å². The molecule has 0 aliphatic heterocycles. The molecule has 3 aromatic carbocycles. The minimum Gasteiger partial charge on any atom is -0.326 e. The van der Waals surface area contributed by atoms with Crippen LogP contribution in [0.2, 0.25) is 0 Å². The molecule has 0 atom stereocenters. The second-order valence-electron chi connectivity index (χ2n) is 6.47. The maximum absolute atomic E-state index is 12.5. The molecule has 0 saturated heterocycles. The molecule has 0 aliphatic rings. The summed E-state index contributed by atoms with van der Waals surface area (Å²) in [6.07, 6.45) is 2.96. The van der Waals surface area contributed by atoms with Crippen molar-refractivity contribution in [2.75, 3.05) is 11.6 Å². The molecule has 0 spiro atoms. The molecule has 0 radical (unpaired) electrons. The van der Waals surface area contributed by atoms with Gasteiger partial charge >= 0.3 is 0 Å². The number of carbonyl (C=O) groups excluding carboxylic acids is 1. The Morgan fingerprint density at radius 3 is 2.61 bits per heavy atom. The number of thioether (sulfide) groups is 1. The molecule has 140 valence electrons. The van der Waals surface area contributed by atoms with Crippen LogP contribution in [0.3, 0.4) is 0 Å². The fourth-order valence-corrected chi connectivity index (χ4v) is 3.72. The standard InChI is InChI=1S/C23H21N3OS/c1-28-19-11-7-8-17(16-19)24-23(27)15-14-22-25-20-12-5-6-13-21(20)26(22)18-9-3-2-4-10-18/h2-13,16H,14-15H2,1H3,(H,24,27). The average molecular weight is 388 g/mol. The molecule has 0 unspecified atom stereocenters. The first-order valence-corrected chi connectivity index (χ1v) is 10.4. The minimum atomic E-state index is -0.00933. The summed E-state index contributed by atoms with van der Waals surface area (Å²) in [7, 11) is 0. The lowest BCUT2D eigenvalue weighted by atomic mass is 10.2. The zero-order valence-corrected chi connectivity index (χ0v) is 16.4. The summed E-state index contributed by atoms with van der Waals surface area (Å²) in [6, 6.07) is 26.1. The van der Waals surface area contributed by atoms with Crippen LogP contribution in [-0.4, -0.2) is 21.7 Å². The molecule has 0 bridgehead atoms. The Morgan fingerprint density at radius 2 is 1.79 bits per heavy atom. The third-order valence-corrected chi connectivity index (χ3v) is 5.30. The largest absolute Gasteiger partial charge is 0.326 e. The van der Waals surface area contributed by atoms with Gasteiger partial charge in [-0.2, -0.15) is 0 Å². The summed E-state index contributed by atoms with van der Waals surface area (Å²) < 4.78 is 2.14. The summed E-state index contributed by atoms with van der Waals surface area (Å²) in [6.45, 7) is 0. The van der Waals surface area contributed by atoms with E-state index in [9.17, 15) is 4.79 Å². The number of nitrogens with zero attached hydrogens (tertiary/aromatic N) is 2. The average Bonchev–Trinajstić information content (AvgIpc) is 3.11. The Balaban J connectivity index is 1.55. The molecule has 1 aromatic heterocycles. The number of aryl methyl sites for hydroxylation is 1. The van der Waals surface area contributed by atoms with Gasteiger partial charge < -0.3 is 5.32 Å². The van der Waals surface area contributed by atoms with Gasteiger partial charge in [-0.05, 0) is 48.7 Å². The number of aromatic nitrogens is 2. The Labute approximate surface area is 168 Å². The van der Waals surface area contributed by atoms with Crippen LogP contribution in [0.15, 0.2) is 83.8 Å². The van der Waals surface area contributed by atoms with Crippen LogP contribution in [0.1, 0.15) is 12.2 Å². The van der Waals surface area contributed by atoms with Gasteiger partial charge in [0.1, 0.15) is 5.82 Å². The van der Waals surface area contributed by atoms with E-state index in [1.807, 2.05) is 66.9 Å². The summed E-state index contributed by atoms with van der Waals surface area (Å²) in [5, 5.41) is 2.99. The van der Waals surface area contributed by atoms with Crippen molar-refractivity contribution in [2.24, 2.45) is 0 Å². The van der Waals surface area contributed by atoms with Gasteiger partial charge in [0, 0.05) is 29.1 Å². The lowest BCUT2D eigenvalue weighted by Crippen LogP contribution is -2.13. The van der Waals surface area contributed by atoms with Crippen LogP contribution < -0.4 is 5.32 Å². The summed E-state index contributed by atoms with van der Waals surface area (Å²) in [4.78, 5) is 18.4. The Morgan fingerprint density at radius 1 is 1.00 bits per heavy atom. The predicted molar refractivity (Wildman–Crippen MR) is 116 cm³/mol. The summed E-state index contributed by atoms with van der Waals surface area (Å²) >= 11 is 1.66. The molecule has 0 aliphatic carbocycles. The number of benzene rings is 3. The second kappa shape index (κ2) is 8.31. The lowest BCUT2D eigenvalue weighted by Gasteiger charge is -2.10. The van der Waals surface area contributed by atoms with Crippen molar-refractivity contribution < 1.29 is 4.79 Å². The maximum atomic E-state index is 12.5. The highest BCUT2D eigenvalue weighted by atomic mass is 32.2. The van der Waals surface area contributed by atoms with E-state index in [1.165, 1.54) is 0 Å². The fraction of sp³-hybridized carbons (Fsp3) is 0.130. The van der Waals surface area contributed by atoms with Crippen molar-refractivity contribution in [3.05, 3.63) is 84.7 Å². The van der Waals surface area contributed by atoms with Crippen LogP contribution in [0.5, 0.6) is 0 Å². The number of rotatable bonds is 6. The number of fused-ring (bicyclic) bond motifs is 1. The van der Waals surface area contributed by atoms with E-state index < -0.39 is 0 Å². The molecule has 1 N–H and O–H groups in total. The summed E-state index contributed by atoms with van der Waals surface area (Å²) in [5.74, 6) is 0.880. The highest BCUT2D eigenvalue weighted by molar-refractivity contribution is 7.98. The highest BCUT2D eigenvalue weighted by Gasteiger charge is 2.13. The van der Waals surface area contributed by atoms with Gasteiger partial charge in [-0.25, -0.2) is 4.98 Å². The second-order valence-corrected chi connectivity index (χ2v) is 7.35. The van der Waals surface area contributed by atoms with Crippen LogP contribution in [0, 0.1) is 0 Å². The van der Waals surface area contributed by atoms with E-state index in [0.717, 1.165) is 33.1 Å². The Hall–Kier alpha value is -3.05. The van der Waals surface area contributed by atoms with E-state index in [-0.39, 0.29) is 5.91 Å². The zero-order valence-electron chi connectivity index (χ0n) is 15.6. The molecule has 0 saturated carbocycles. The molecule has 4 rings (SSSR count). The molecule has 28 heavy (non-hydrogen) atoms. The van der Waals surface area contributed by atoms with Crippen LogP contribution in [0.25, 0.3) is 16.7 Å². The van der Waals surface area contributed by atoms with Crippen molar-refractivity contribution in [3.8, 4) is 5.69 Å².